The van der Waals surface area contributed by atoms with E-state index in [9.17, 15) is 14.9 Å². The molecular weight excluding hydrogens is 288 g/mol. The number of carbonyl (C=O) groups is 1. The Bertz CT molecular complexity index is 963. The maximum atomic E-state index is 12.6. The van der Waals surface area contributed by atoms with Crippen LogP contribution in [0.2, 0.25) is 0 Å². The predicted octanol–water partition coefficient (Wildman–Crippen LogP) is 2.56. The summed E-state index contributed by atoms with van der Waals surface area (Å²) in [5.74, 6) is -0.634. The first-order valence-electron chi connectivity index (χ1n) is 6.30. The molecule has 0 aliphatic carbocycles. The first-order valence-corrected chi connectivity index (χ1v) is 7.18. The number of aromatic nitrogens is 1. The van der Waals surface area contributed by atoms with Crippen molar-refractivity contribution < 1.29 is 9.53 Å². The zero-order chi connectivity index (χ0) is 15.0. The number of nitrogens with zero attached hydrogens (tertiary/aromatic N) is 2. The van der Waals surface area contributed by atoms with E-state index < -0.39 is 11.4 Å². The lowest BCUT2D eigenvalue weighted by Crippen LogP contribution is -2.17. The van der Waals surface area contributed by atoms with Gasteiger partial charge >= 0.3 is 5.97 Å². The van der Waals surface area contributed by atoms with Gasteiger partial charge in [-0.2, -0.15) is 5.26 Å². The normalized spacial score (nSPS) is 10.7. The molecule has 21 heavy (non-hydrogen) atoms. The van der Waals surface area contributed by atoms with Gasteiger partial charge in [0.05, 0.1) is 22.4 Å². The standard InChI is InChI=1S/C15H10N2O3S/c1-2-20-15(19)10-8-21-14-9(7-16)11-5-3-4-6-17(11)12(14)13(10)18/h3-6,8H,2H2,1H3. The molecule has 3 heterocycles. The molecule has 0 radical (unpaired) electrons. The van der Waals surface area contributed by atoms with Crippen LogP contribution in [0.3, 0.4) is 0 Å². The average molecular weight is 298 g/mol. The van der Waals surface area contributed by atoms with Crippen LogP contribution in [-0.2, 0) is 4.74 Å². The van der Waals surface area contributed by atoms with Crippen molar-refractivity contribution in [2.24, 2.45) is 0 Å². The van der Waals surface area contributed by atoms with Crippen molar-refractivity contribution in [1.82, 2.24) is 4.40 Å². The van der Waals surface area contributed by atoms with E-state index in [-0.39, 0.29) is 12.2 Å². The molecule has 0 aliphatic rings. The van der Waals surface area contributed by atoms with Gasteiger partial charge < -0.3 is 9.14 Å². The molecule has 0 aromatic carbocycles. The molecule has 3 aromatic heterocycles. The van der Waals surface area contributed by atoms with Crippen molar-refractivity contribution in [3.63, 3.8) is 0 Å². The van der Waals surface area contributed by atoms with Gasteiger partial charge in [0.2, 0.25) is 5.43 Å². The smallest absolute Gasteiger partial charge is 0.343 e. The number of nitriles is 1. The van der Waals surface area contributed by atoms with Gasteiger partial charge in [0.1, 0.15) is 17.1 Å². The van der Waals surface area contributed by atoms with Crippen LogP contribution in [-0.4, -0.2) is 17.0 Å². The van der Waals surface area contributed by atoms with E-state index in [1.165, 1.54) is 16.7 Å². The van der Waals surface area contributed by atoms with Crippen molar-refractivity contribution in [3.8, 4) is 6.07 Å². The summed E-state index contributed by atoms with van der Waals surface area (Å²) in [6.07, 6.45) is 1.71. The summed E-state index contributed by atoms with van der Waals surface area (Å²) in [5, 5.41) is 10.8. The summed E-state index contributed by atoms with van der Waals surface area (Å²) in [6, 6.07) is 7.48. The molecule has 104 valence electrons. The first-order chi connectivity index (χ1) is 10.2. The summed E-state index contributed by atoms with van der Waals surface area (Å²) in [6.45, 7) is 1.89. The monoisotopic (exact) mass is 298 g/mol. The minimum Gasteiger partial charge on any atom is -0.462 e. The van der Waals surface area contributed by atoms with E-state index in [4.69, 9.17) is 4.74 Å². The highest BCUT2D eigenvalue weighted by Crippen LogP contribution is 2.27. The highest BCUT2D eigenvalue weighted by atomic mass is 32.1. The average Bonchev–Trinajstić information content (AvgIpc) is 2.82. The Hall–Kier alpha value is -2.65. The second-order valence-corrected chi connectivity index (χ2v) is 5.20. The Labute approximate surface area is 123 Å². The molecule has 0 fully saturated rings. The number of fused-ring (bicyclic) bond motifs is 3. The summed E-state index contributed by atoms with van der Waals surface area (Å²) in [7, 11) is 0. The number of hydrogen-bond acceptors (Lipinski definition) is 5. The highest BCUT2D eigenvalue weighted by Gasteiger charge is 2.20. The highest BCUT2D eigenvalue weighted by molar-refractivity contribution is 7.17. The number of rotatable bonds is 2. The van der Waals surface area contributed by atoms with Crippen LogP contribution < -0.4 is 5.43 Å². The van der Waals surface area contributed by atoms with Gasteiger partial charge in [-0.15, -0.1) is 11.3 Å². The molecule has 0 saturated carbocycles. The lowest BCUT2D eigenvalue weighted by molar-refractivity contribution is 0.0525. The summed E-state index contributed by atoms with van der Waals surface area (Å²) >= 11 is 1.20. The van der Waals surface area contributed by atoms with E-state index in [0.29, 0.717) is 21.3 Å². The molecule has 6 heteroatoms. The van der Waals surface area contributed by atoms with Crippen LogP contribution >= 0.6 is 11.3 Å². The van der Waals surface area contributed by atoms with Crippen molar-refractivity contribution in [2.45, 2.75) is 6.92 Å². The van der Waals surface area contributed by atoms with Gasteiger partial charge in [-0.3, -0.25) is 4.79 Å². The Balaban J connectivity index is 2.45. The molecule has 0 atom stereocenters. The largest absolute Gasteiger partial charge is 0.462 e. The SMILES string of the molecule is CCOC(=O)c1csc2c(C#N)c3ccccn3c2c1=O. The second-order valence-electron chi connectivity index (χ2n) is 4.32. The Morgan fingerprint density at radius 3 is 3.00 bits per heavy atom. The maximum absolute atomic E-state index is 12.6. The number of ether oxygens (including phenoxy) is 1. The molecule has 3 rings (SSSR count). The molecule has 0 saturated heterocycles. The summed E-state index contributed by atoms with van der Waals surface area (Å²) < 4.78 is 7.13. The van der Waals surface area contributed by atoms with Crippen molar-refractivity contribution in [1.29, 1.82) is 5.26 Å². The first kappa shape index (κ1) is 13.3. The van der Waals surface area contributed by atoms with Gasteiger partial charge in [0.25, 0.3) is 0 Å². The molecule has 0 N–H and O–H groups in total. The zero-order valence-corrected chi connectivity index (χ0v) is 11.9. The van der Waals surface area contributed by atoms with E-state index in [2.05, 4.69) is 6.07 Å². The molecule has 0 spiro atoms. The fourth-order valence-electron chi connectivity index (χ4n) is 2.27. The van der Waals surface area contributed by atoms with E-state index in [1.807, 2.05) is 0 Å². The van der Waals surface area contributed by atoms with Gasteiger partial charge in [0, 0.05) is 11.6 Å². The van der Waals surface area contributed by atoms with E-state index >= 15 is 0 Å². The van der Waals surface area contributed by atoms with Crippen LogP contribution in [0.15, 0.2) is 34.6 Å². The number of hydrogen-bond donors (Lipinski definition) is 0. The maximum Gasteiger partial charge on any atom is 0.343 e. The van der Waals surface area contributed by atoms with Crippen LogP contribution in [0.5, 0.6) is 0 Å². The van der Waals surface area contributed by atoms with Crippen molar-refractivity contribution >= 4 is 33.0 Å². The summed E-state index contributed by atoms with van der Waals surface area (Å²) in [4.78, 5) is 24.4. The molecule has 0 aliphatic heterocycles. The molecule has 0 bridgehead atoms. The lowest BCUT2D eigenvalue weighted by Gasteiger charge is -2.01. The Morgan fingerprint density at radius 2 is 2.29 bits per heavy atom. The molecule has 0 unspecified atom stereocenters. The summed E-state index contributed by atoms with van der Waals surface area (Å²) in [5.41, 5.74) is 1.04. The van der Waals surface area contributed by atoms with Crippen LogP contribution in [0.1, 0.15) is 22.8 Å². The topological polar surface area (TPSA) is 71.6 Å². The minimum absolute atomic E-state index is 0.00194. The van der Waals surface area contributed by atoms with Crippen LogP contribution in [0, 0.1) is 11.3 Å². The lowest BCUT2D eigenvalue weighted by atomic mass is 10.2. The third-order valence-electron chi connectivity index (χ3n) is 3.16. The molecule has 3 aromatic rings. The third kappa shape index (κ3) is 1.90. The van der Waals surface area contributed by atoms with E-state index in [1.54, 1.807) is 35.7 Å². The quantitative estimate of drug-likeness (QED) is 0.682. The number of esters is 1. The fraction of sp³-hybridized carbons (Fsp3) is 0.133. The predicted molar refractivity (Wildman–Crippen MR) is 79.7 cm³/mol. The Morgan fingerprint density at radius 1 is 1.48 bits per heavy atom. The van der Waals surface area contributed by atoms with Gasteiger partial charge in [-0.25, -0.2) is 4.79 Å². The zero-order valence-electron chi connectivity index (χ0n) is 11.1. The van der Waals surface area contributed by atoms with Crippen molar-refractivity contribution in [3.05, 3.63) is 51.1 Å². The van der Waals surface area contributed by atoms with Gasteiger partial charge in [0.15, 0.2) is 0 Å². The van der Waals surface area contributed by atoms with Crippen molar-refractivity contribution in [2.75, 3.05) is 6.61 Å². The number of carbonyl (C=O) groups excluding carboxylic acids is 1. The molecule has 0 amide bonds. The minimum atomic E-state index is -0.634. The fourth-order valence-corrected chi connectivity index (χ4v) is 3.28. The van der Waals surface area contributed by atoms with Crippen LogP contribution in [0.25, 0.3) is 15.7 Å². The third-order valence-corrected chi connectivity index (χ3v) is 4.15. The van der Waals surface area contributed by atoms with E-state index in [0.717, 1.165) is 0 Å². The second kappa shape index (κ2) is 5.04. The van der Waals surface area contributed by atoms with Gasteiger partial charge in [-0.05, 0) is 19.1 Å². The molecular formula is C15H10N2O3S. The van der Waals surface area contributed by atoms with Crippen LogP contribution in [0.4, 0.5) is 0 Å². The van der Waals surface area contributed by atoms with Gasteiger partial charge in [-0.1, -0.05) is 6.07 Å². The number of pyridine rings is 1. The Kier molecular flexibility index (Phi) is 3.20. The molecule has 5 nitrogen and oxygen atoms in total.